The van der Waals surface area contributed by atoms with Gasteiger partial charge in [0.15, 0.2) is 0 Å². The van der Waals surface area contributed by atoms with Gasteiger partial charge in [-0.3, -0.25) is 14.5 Å². The van der Waals surface area contributed by atoms with Gasteiger partial charge in [-0.1, -0.05) is 17.7 Å². The number of aryl methyl sites for hydroxylation is 2. The van der Waals surface area contributed by atoms with Crippen LogP contribution in [0, 0.1) is 13.8 Å². The summed E-state index contributed by atoms with van der Waals surface area (Å²) >= 11 is 6.11. The molecule has 0 spiro atoms. The summed E-state index contributed by atoms with van der Waals surface area (Å²) < 4.78 is 0. The number of anilines is 1. The van der Waals surface area contributed by atoms with Crippen molar-refractivity contribution in [3.8, 4) is 0 Å². The van der Waals surface area contributed by atoms with E-state index in [-0.39, 0.29) is 18.9 Å². The summed E-state index contributed by atoms with van der Waals surface area (Å²) in [5.74, 6) is -1.10. The van der Waals surface area contributed by atoms with Crippen molar-refractivity contribution in [3.05, 3.63) is 28.3 Å². The summed E-state index contributed by atoms with van der Waals surface area (Å²) in [6.07, 6.45) is 0.00803. The number of hydrogen-bond acceptors (Lipinski definition) is 3. The maximum Gasteiger partial charge on any atom is 0.304 e. The largest absolute Gasteiger partial charge is 0.481 e. The van der Waals surface area contributed by atoms with E-state index in [1.165, 1.54) is 0 Å². The number of hydrogen-bond donors (Lipinski definition) is 2. The lowest BCUT2D eigenvalue weighted by Gasteiger charge is -2.16. The molecule has 0 radical (unpaired) electrons. The number of carboxylic acid groups (broad SMARTS) is 1. The van der Waals surface area contributed by atoms with Crippen LogP contribution in [-0.2, 0) is 9.59 Å². The van der Waals surface area contributed by atoms with E-state index in [0.29, 0.717) is 17.3 Å². The van der Waals surface area contributed by atoms with Crippen molar-refractivity contribution in [1.82, 2.24) is 4.90 Å². The highest BCUT2D eigenvalue weighted by molar-refractivity contribution is 6.34. The standard InChI is InChI=1S/C14H19ClN2O3/c1-9-6-10(2)14(11(15)7-9)16-12(18)8-17(3)5-4-13(19)20/h6-7H,4-5,8H2,1-3H3,(H,16,18)(H,19,20). The highest BCUT2D eigenvalue weighted by Crippen LogP contribution is 2.27. The Balaban J connectivity index is 2.61. The Hall–Kier alpha value is -1.59. The number of likely N-dealkylation sites (N-methyl/N-ethyl adjacent to an activating group) is 1. The lowest BCUT2D eigenvalue weighted by molar-refractivity contribution is -0.137. The molecule has 20 heavy (non-hydrogen) atoms. The fourth-order valence-corrected chi connectivity index (χ4v) is 2.23. The van der Waals surface area contributed by atoms with Crippen LogP contribution in [0.5, 0.6) is 0 Å². The molecule has 0 aromatic heterocycles. The van der Waals surface area contributed by atoms with Gasteiger partial charge in [0.25, 0.3) is 0 Å². The molecule has 0 saturated heterocycles. The van der Waals surface area contributed by atoms with Crippen LogP contribution < -0.4 is 5.32 Å². The Kier molecular flexibility index (Phi) is 5.98. The first-order chi connectivity index (χ1) is 9.29. The maximum atomic E-state index is 11.9. The van der Waals surface area contributed by atoms with Crippen molar-refractivity contribution in [2.75, 3.05) is 25.5 Å². The Morgan fingerprint density at radius 3 is 2.55 bits per heavy atom. The number of nitrogens with one attached hydrogen (secondary N) is 1. The number of nitrogens with zero attached hydrogens (tertiary/aromatic N) is 1. The topological polar surface area (TPSA) is 69.6 Å². The maximum absolute atomic E-state index is 11.9. The van der Waals surface area contributed by atoms with Crippen LogP contribution in [0.15, 0.2) is 12.1 Å². The Morgan fingerprint density at radius 1 is 1.35 bits per heavy atom. The van der Waals surface area contributed by atoms with Gasteiger partial charge >= 0.3 is 5.97 Å². The average Bonchev–Trinajstić information content (AvgIpc) is 2.31. The molecule has 0 bridgehead atoms. The molecule has 0 saturated carbocycles. The molecular weight excluding hydrogens is 280 g/mol. The third-order valence-electron chi connectivity index (χ3n) is 2.82. The molecule has 0 aliphatic carbocycles. The average molecular weight is 299 g/mol. The van der Waals surface area contributed by atoms with E-state index < -0.39 is 5.97 Å². The van der Waals surface area contributed by atoms with Crippen molar-refractivity contribution in [2.24, 2.45) is 0 Å². The molecule has 1 aromatic carbocycles. The highest BCUT2D eigenvalue weighted by atomic mass is 35.5. The molecule has 0 heterocycles. The molecule has 0 fully saturated rings. The summed E-state index contributed by atoms with van der Waals surface area (Å²) in [4.78, 5) is 24.0. The second kappa shape index (κ2) is 7.26. The predicted molar refractivity (Wildman–Crippen MR) is 79.3 cm³/mol. The number of rotatable bonds is 6. The summed E-state index contributed by atoms with van der Waals surface area (Å²) in [7, 11) is 1.70. The zero-order valence-electron chi connectivity index (χ0n) is 11.9. The minimum atomic E-state index is -0.880. The smallest absolute Gasteiger partial charge is 0.304 e. The first-order valence-electron chi connectivity index (χ1n) is 6.26. The zero-order valence-corrected chi connectivity index (χ0v) is 12.6. The molecule has 110 valence electrons. The number of benzene rings is 1. The highest BCUT2D eigenvalue weighted by Gasteiger charge is 2.12. The van der Waals surface area contributed by atoms with Gasteiger partial charge < -0.3 is 10.4 Å². The Labute approximate surface area is 123 Å². The van der Waals surface area contributed by atoms with Gasteiger partial charge in [-0.25, -0.2) is 0 Å². The molecule has 0 aliphatic heterocycles. The number of carboxylic acids is 1. The van der Waals surface area contributed by atoms with Crippen molar-refractivity contribution in [2.45, 2.75) is 20.3 Å². The van der Waals surface area contributed by atoms with E-state index in [2.05, 4.69) is 5.32 Å². The van der Waals surface area contributed by atoms with E-state index in [1.54, 1.807) is 18.0 Å². The normalized spacial score (nSPS) is 10.7. The van der Waals surface area contributed by atoms with E-state index in [0.717, 1.165) is 11.1 Å². The van der Waals surface area contributed by atoms with Gasteiger partial charge in [0.1, 0.15) is 0 Å². The van der Waals surface area contributed by atoms with Crippen LogP contribution in [0.2, 0.25) is 5.02 Å². The first-order valence-corrected chi connectivity index (χ1v) is 6.64. The van der Waals surface area contributed by atoms with Crippen LogP contribution in [0.3, 0.4) is 0 Å². The fourth-order valence-electron chi connectivity index (χ4n) is 1.86. The Morgan fingerprint density at radius 2 is 2.00 bits per heavy atom. The van der Waals surface area contributed by atoms with E-state index in [9.17, 15) is 9.59 Å². The lowest BCUT2D eigenvalue weighted by Crippen LogP contribution is -2.32. The van der Waals surface area contributed by atoms with Gasteiger partial charge in [0.05, 0.1) is 23.7 Å². The molecule has 5 nitrogen and oxygen atoms in total. The molecule has 1 aromatic rings. The summed E-state index contributed by atoms with van der Waals surface area (Å²) in [5.41, 5.74) is 2.54. The van der Waals surface area contributed by atoms with Crippen LogP contribution >= 0.6 is 11.6 Å². The van der Waals surface area contributed by atoms with Crippen molar-refractivity contribution in [3.63, 3.8) is 0 Å². The monoisotopic (exact) mass is 298 g/mol. The molecule has 0 atom stereocenters. The zero-order chi connectivity index (χ0) is 15.3. The van der Waals surface area contributed by atoms with Crippen molar-refractivity contribution < 1.29 is 14.7 Å². The predicted octanol–water partition coefficient (Wildman–Crippen LogP) is 2.30. The molecule has 0 unspecified atom stereocenters. The number of aliphatic carboxylic acids is 1. The lowest BCUT2D eigenvalue weighted by atomic mass is 10.1. The molecule has 1 amide bonds. The van der Waals surface area contributed by atoms with Crippen molar-refractivity contribution >= 4 is 29.2 Å². The van der Waals surface area contributed by atoms with Crippen LogP contribution in [0.4, 0.5) is 5.69 Å². The second-order valence-corrected chi connectivity index (χ2v) is 5.28. The number of carbonyl (C=O) groups is 2. The van der Waals surface area contributed by atoms with Gasteiger partial charge in [-0.2, -0.15) is 0 Å². The van der Waals surface area contributed by atoms with Gasteiger partial charge in [0, 0.05) is 6.54 Å². The quantitative estimate of drug-likeness (QED) is 0.845. The third kappa shape index (κ3) is 5.19. The number of amides is 1. The molecule has 6 heteroatoms. The number of halogens is 1. The Bertz CT molecular complexity index is 494. The van der Waals surface area contributed by atoms with E-state index in [4.69, 9.17) is 16.7 Å². The third-order valence-corrected chi connectivity index (χ3v) is 3.12. The van der Waals surface area contributed by atoms with E-state index in [1.807, 2.05) is 19.9 Å². The van der Waals surface area contributed by atoms with Gasteiger partial charge in [0.2, 0.25) is 5.91 Å². The van der Waals surface area contributed by atoms with Crippen molar-refractivity contribution in [1.29, 1.82) is 0 Å². The fraction of sp³-hybridized carbons (Fsp3) is 0.429. The minimum absolute atomic E-state index is 0.00803. The van der Waals surface area contributed by atoms with Crippen LogP contribution in [-0.4, -0.2) is 42.0 Å². The minimum Gasteiger partial charge on any atom is -0.481 e. The molecule has 2 N–H and O–H groups in total. The summed E-state index contributed by atoms with van der Waals surface area (Å²) in [6, 6.07) is 3.73. The number of carbonyl (C=O) groups excluding carboxylic acids is 1. The summed E-state index contributed by atoms with van der Waals surface area (Å²) in [5, 5.41) is 11.9. The summed E-state index contributed by atoms with van der Waals surface area (Å²) in [6.45, 7) is 4.26. The van der Waals surface area contributed by atoms with Gasteiger partial charge in [-0.15, -0.1) is 0 Å². The SMILES string of the molecule is Cc1cc(C)c(NC(=O)CN(C)CCC(=O)O)c(Cl)c1. The molecule has 0 aliphatic rings. The van der Waals surface area contributed by atoms with E-state index >= 15 is 0 Å². The molecular formula is C14H19ClN2O3. The van der Waals surface area contributed by atoms with Gasteiger partial charge in [-0.05, 0) is 38.1 Å². The molecule has 1 rings (SSSR count). The second-order valence-electron chi connectivity index (χ2n) is 4.87. The van der Waals surface area contributed by atoms with Crippen LogP contribution in [0.25, 0.3) is 0 Å². The first kappa shape index (κ1) is 16.5. The van der Waals surface area contributed by atoms with Crippen LogP contribution in [0.1, 0.15) is 17.5 Å².